The molecule has 0 spiro atoms. The fourth-order valence-electron chi connectivity index (χ4n) is 4.21. The number of nitrogen functional groups attached to an aromatic ring is 1. The van der Waals surface area contributed by atoms with Crippen LogP contribution in [0.15, 0.2) is 79.3 Å². The minimum absolute atomic E-state index is 0.194. The second-order valence-corrected chi connectivity index (χ2v) is 10.2. The molecule has 5 aromatic rings. The van der Waals surface area contributed by atoms with Crippen molar-refractivity contribution >= 4 is 45.1 Å². The summed E-state index contributed by atoms with van der Waals surface area (Å²) in [5.41, 5.74) is 10.2. The van der Waals surface area contributed by atoms with Crippen molar-refractivity contribution in [2.45, 2.75) is 25.9 Å². The topological polar surface area (TPSA) is 107 Å². The fraction of sp³-hybridized carbons (Fsp3) is 0.179. The summed E-state index contributed by atoms with van der Waals surface area (Å²) in [6.07, 6.45) is 8.35. The standard InChI is InChI=1S/C28H26N6O2S/c1-17(18-8-9-18)36-24-7-4-14-34-23(15-30-26(24)34)25-16-31-28(37-25)32-20-12-10-19(11-13-20)27(35)33-22-6-3-2-5-21(22)29/h2-7,10-18H,8-9,29H2,1H3,(H,31,32)(H,33,35). The van der Waals surface area contributed by atoms with Gasteiger partial charge in [-0.1, -0.05) is 23.5 Å². The van der Waals surface area contributed by atoms with Crippen LogP contribution >= 0.6 is 11.3 Å². The molecule has 0 saturated heterocycles. The lowest BCUT2D eigenvalue weighted by Gasteiger charge is -2.14. The number of nitrogens with two attached hydrogens (primary N) is 1. The zero-order chi connectivity index (χ0) is 25.4. The number of aromatic nitrogens is 3. The predicted octanol–water partition coefficient (Wildman–Crippen LogP) is 6.21. The number of nitrogens with one attached hydrogen (secondary N) is 2. The Morgan fingerprint density at radius 1 is 1.08 bits per heavy atom. The third-order valence-corrected chi connectivity index (χ3v) is 7.40. The summed E-state index contributed by atoms with van der Waals surface area (Å²) < 4.78 is 8.25. The molecule has 0 bridgehead atoms. The second kappa shape index (κ2) is 9.59. The number of thiazole rings is 1. The zero-order valence-electron chi connectivity index (χ0n) is 20.2. The number of carbonyl (C=O) groups excluding carboxylic acids is 1. The van der Waals surface area contributed by atoms with Crippen molar-refractivity contribution in [3.05, 3.63) is 84.8 Å². The maximum absolute atomic E-state index is 12.6. The van der Waals surface area contributed by atoms with Gasteiger partial charge in [-0.2, -0.15) is 0 Å². The van der Waals surface area contributed by atoms with Crippen molar-refractivity contribution in [2.75, 3.05) is 16.4 Å². The van der Waals surface area contributed by atoms with E-state index in [1.807, 2.05) is 59.4 Å². The van der Waals surface area contributed by atoms with Gasteiger partial charge < -0.3 is 21.1 Å². The smallest absolute Gasteiger partial charge is 0.255 e. The first-order valence-electron chi connectivity index (χ1n) is 12.2. The monoisotopic (exact) mass is 510 g/mol. The number of pyridine rings is 1. The van der Waals surface area contributed by atoms with E-state index in [1.165, 1.54) is 24.2 Å². The minimum atomic E-state index is -0.219. The first-order valence-corrected chi connectivity index (χ1v) is 13.0. The van der Waals surface area contributed by atoms with Gasteiger partial charge in [0.2, 0.25) is 0 Å². The van der Waals surface area contributed by atoms with E-state index in [4.69, 9.17) is 10.5 Å². The zero-order valence-corrected chi connectivity index (χ0v) is 21.0. The van der Waals surface area contributed by atoms with Crippen LogP contribution in [0.25, 0.3) is 16.2 Å². The highest BCUT2D eigenvalue weighted by Crippen LogP contribution is 2.37. The summed E-state index contributed by atoms with van der Waals surface area (Å²) in [6.45, 7) is 2.13. The lowest BCUT2D eigenvalue weighted by Crippen LogP contribution is -2.14. The molecule has 1 saturated carbocycles. The van der Waals surface area contributed by atoms with Gasteiger partial charge in [0, 0.05) is 23.6 Å². The number of nitrogens with zero attached hydrogens (tertiary/aromatic N) is 3. The van der Waals surface area contributed by atoms with Gasteiger partial charge in [-0.15, -0.1) is 0 Å². The molecular formula is C28H26N6O2S. The molecule has 3 heterocycles. The molecule has 2 aromatic carbocycles. The van der Waals surface area contributed by atoms with Crippen LogP contribution in [0.3, 0.4) is 0 Å². The number of hydrogen-bond donors (Lipinski definition) is 3. The van der Waals surface area contributed by atoms with Crippen molar-refractivity contribution in [3.63, 3.8) is 0 Å². The fourth-order valence-corrected chi connectivity index (χ4v) is 5.05. The van der Waals surface area contributed by atoms with E-state index in [1.54, 1.807) is 24.3 Å². The van der Waals surface area contributed by atoms with Crippen molar-refractivity contribution in [2.24, 2.45) is 5.92 Å². The number of fused-ring (bicyclic) bond motifs is 1. The Hall–Kier alpha value is -4.37. The maximum atomic E-state index is 12.6. The van der Waals surface area contributed by atoms with Crippen LogP contribution in [0.2, 0.25) is 0 Å². The number of imidazole rings is 1. The van der Waals surface area contributed by atoms with E-state index in [2.05, 4.69) is 27.5 Å². The molecule has 186 valence electrons. The van der Waals surface area contributed by atoms with E-state index in [0.29, 0.717) is 22.9 Å². The van der Waals surface area contributed by atoms with Crippen LogP contribution in [0.5, 0.6) is 5.75 Å². The molecule has 3 aromatic heterocycles. The largest absolute Gasteiger partial charge is 0.487 e. The van der Waals surface area contributed by atoms with Crippen LogP contribution in [-0.4, -0.2) is 26.4 Å². The molecule has 0 radical (unpaired) electrons. The quantitative estimate of drug-likeness (QED) is 0.214. The number of amides is 1. The molecule has 1 aliphatic rings. The van der Waals surface area contributed by atoms with E-state index in [0.717, 1.165) is 32.8 Å². The molecule has 4 N–H and O–H groups in total. The highest BCUT2D eigenvalue weighted by Gasteiger charge is 2.30. The van der Waals surface area contributed by atoms with Crippen molar-refractivity contribution in [1.82, 2.24) is 14.4 Å². The van der Waals surface area contributed by atoms with E-state index in [9.17, 15) is 4.79 Å². The summed E-state index contributed by atoms with van der Waals surface area (Å²) in [7, 11) is 0. The van der Waals surface area contributed by atoms with Gasteiger partial charge in [-0.25, -0.2) is 9.97 Å². The molecular weight excluding hydrogens is 484 g/mol. The predicted molar refractivity (Wildman–Crippen MR) is 148 cm³/mol. The molecule has 1 unspecified atom stereocenters. The SMILES string of the molecule is CC(Oc1cccn2c(-c3cnc(Nc4ccc(C(=O)Nc5ccccc5N)cc4)s3)cnc12)C1CC1. The number of para-hydroxylation sites is 2. The van der Waals surface area contributed by atoms with Crippen LogP contribution in [-0.2, 0) is 0 Å². The third kappa shape index (κ3) is 4.85. The second-order valence-electron chi connectivity index (χ2n) is 9.14. The van der Waals surface area contributed by atoms with Gasteiger partial charge in [-0.3, -0.25) is 9.20 Å². The normalized spacial score (nSPS) is 13.9. The third-order valence-electron chi connectivity index (χ3n) is 6.46. The number of hydrogen-bond acceptors (Lipinski definition) is 7. The first kappa shape index (κ1) is 23.1. The van der Waals surface area contributed by atoms with Gasteiger partial charge in [-0.05, 0) is 74.2 Å². The van der Waals surface area contributed by atoms with E-state index in [-0.39, 0.29) is 12.0 Å². The number of benzene rings is 2. The minimum Gasteiger partial charge on any atom is -0.487 e. The molecule has 8 nitrogen and oxygen atoms in total. The van der Waals surface area contributed by atoms with Gasteiger partial charge in [0.1, 0.15) is 0 Å². The number of anilines is 4. The highest BCUT2D eigenvalue weighted by molar-refractivity contribution is 7.18. The molecule has 1 aliphatic carbocycles. The number of ether oxygens (including phenoxy) is 1. The van der Waals surface area contributed by atoms with Crippen LogP contribution < -0.4 is 21.1 Å². The maximum Gasteiger partial charge on any atom is 0.255 e. The average molecular weight is 511 g/mol. The van der Waals surface area contributed by atoms with Crippen molar-refractivity contribution < 1.29 is 9.53 Å². The van der Waals surface area contributed by atoms with Crippen LogP contribution in [0.1, 0.15) is 30.1 Å². The Morgan fingerprint density at radius 2 is 1.89 bits per heavy atom. The van der Waals surface area contributed by atoms with Crippen LogP contribution in [0, 0.1) is 5.92 Å². The molecule has 0 aliphatic heterocycles. The number of carbonyl (C=O) groups is 1. The van der Waals surface area contributed by atoms with Crippen LogP contribution in [0.4, 0.5) is 22.2 Å². The molecule has 1 amide bonds. The number of rotatable bonds is 8. The van der Waals surface area contributed by atoms with Gasteiger partial charge in [0.15, 0.2) is 16.5 Å². The summed E-state index contributed by atoms with van der Waals surface area (Å²) in [4.78, 5) is 22.7. The summed E-state index contributed by atoms with van der Waals surface area (Å²) in [5.74, 6) is 1.23. The molecule has 1 fully saturated rings. The Labute approximate surface area is 218 Å². The first-order chi connectivity index (χ1) is 18.0. The Bertz CT molecular complexity index is 1570. The van der Waals surface area contributed by atoms with Crippen molar-refractivity contribution in [3.8, 4) is 16.3 Å². The van der Waals surface area contributed by atoms with Crippen molar-refractivity contribution in [1.29, 1.82) is 0 Å². The Kier molecular flexibility index (Phi) is 5.97. The molecule has 37 heavy (non-hydrogen) atoms. The lowest BCUT2D eigenvalue weighted by molar-refractivity contribution is 0.102. The highest BCUT2D eigenvalue weighted by atomic mass is 32.1. The lowest BCUT2D eigenvalue weighted by atomic mass is 10.2. The van der Waals surface area contributed by atoms with Gasteiger partial charge >= 0.3 is 0 Å². The van der Waals surface area contributed by atoms with E-state index < -0.39 is 0 Å². The Morgan fingerprint density at radius 3 is 2.68 bits per heavy atom. The summed E-state index contributed by atoms with van der Waals surface area (Å²) >= 11 is 1.53. The van der Waals surface area contributed by atoms with Gasteiger partial charge in [0.05, 0.1) is 34.2 Å². The molecule has 1 atom stereocenters. The average Bonchev–Trinajstić information content (AvgIpc) is 3.52. The Balaban J connectivity index is 1.15. The molecule has 6 rings (SSSR count). The summed E-state index contributed by atoms with van der Waals surface area (Å²) in [6, 6.07) is 18.4. The summed E-state index contributed by atoms with van der Waals surface area (Å²) in [5, 5.41) is 6.90. The molecule has 9 heteroatoms. The van der Waals surface area contributed by atoms with Gasteiger partial charge in [0.25, 0.3) is 5.91 Å². The van der Waals surface area contributed by atoms with E-state index >= 15 is 0 Å².